The normalized spacial score (nSPS) is 15.6. The van der Waals surface area contributed by atoms with Crippen LogP contribution in [0.25, 0.3) is 0 Å². The van der Waals surface area contributed by atoms with E-state index in [2.05, 4.69) is 11.4 Å². The second kappa shape index (κ2) is 6.06. The Hall–Kier alpha value is -2.02. The van der Waals surface area contributed by atoms with Gasteiger partial charge in [-0.3, -0.25) is 0 Å². The Labute approximate surface area is 107 Å². The largest absolute Gasteiger partial charge is 0.325 e. The van der Waals surface area contributed by atoms with E-state index in [-0.39, 0.29) is 6.03 Å². The molecule has 1 N–H and O–H groups in total. The number of carbonyl (C=O) groups is 1. The van der Waals surface area contributed by atoms with Gasteiger partial charge in [-0.2, -0.15) is 5.26 Å². The lowest BCUT2D eigenvalue weighted by Gasteiger charge is -2.20. The van der Waals surface area contributed by atoms with Crippen molar-refractivity contribution in [3.05, 3.63) is 29.8 Å². The number of anilines is 1. The zero-order chi connectivity index (χ0) is 12.8. The van der Waals surface area contributed by atoms with Crippen LogP contribution in [-0.4, -0.2) is 24.0 Å². The van der Waals surface area contributed by atoms with Crippen LogP contribution in [0.1, 0.15) is 31.2 Å². The maximum absolute atomic E-state index is 12.0. The molecular formula is C14H17N3O. The maximum Gasteiger partial charge on any atom is 0.321 e. The molecule has 2 rings (SSSR count). The minimum atomic E-state index is -0.0402. The van der Waals surface area contributed by atoms with Gasteiger partial charge in [0.25, 0.3) is 0 Å². The zero-order valence-electron chi connectivity index (χ0n) is 10.4. The lowest BCUT2D eigenvalue weighted by atomic mass is 10.2. The molecule has 0 radical (unpaired) electrons. The first-order valence-electron chi connectivity index (χ1n) is 6.36. The fourth-order valence-electron chi connectivity index (χ4n) is 2.10. The summed E-state index contributed by atoms with van der Waals surface area (Å²) in [6.45, 7) is 1.67. The topological polar surface area (TPSA) is 56.1 Å². The van der Waals surface area contributed by atoms with Gasteiger partial charge in [0.2, 0.25) is 0 Å². The highest BCUT2D eigenvalue weighted by Crippen LogP contribution is 2.13. The number of nitriles is 1. The molecule has 4 nitrogen and oxygen atoms in total. The van der Waals surface area contributed by atoms with Crippen molar-refractivity contribution < 1.29 is 4.79 Å². The summed E-state index contributed by atoms with van der Waals surface area (Å²) in [4.78, 5) is 13.9. The van der Waals surface area contributed by atoms with E-state index in [1.54, 1.807) is 24.3 Å². The quantitative estimate of drug-likeness (QED) is 0.824. The van der Waals surface area contributed by atoms with Crippen molar-refractivity contribution in [2.24, 2.45) is 0 Å². The molecule has 0 aliphatic carbocycles. The molecule has 0 unspecified atom stereocenters. The van der Waals surface area contributed by atoms with E-state index < -0.39 is 0 Å². The number of nitrogens with zero attached hydrogens (tertiary/aromatic N) is 2. The number of likely N-dealkylation sites (tertiary alicyclic amines) is 1. The summed E-state index contributed by atoms with van der Waals surface area (Å²) in [6.07, 6.45) is 4.59. The Morgan fingerprint density at radius 2 is 1.72 bits per heavy atom. The maximum atomic E-state index is 12.0. The number of benzene rings is 1. The summed E-state index contributed by atoms with van der Waals surface area (Å²) < 4.78 is 0. The molecular weight excluding hydrogens is 226 g/mol. The van der Waals surface area contributed by atoms with E-state index in [1.165, 1.54) is 12.8 Å². The van der Waals surface area contributed by atoms with Crippen molar-refractivity contribution in [3.63, 3.8) is 0 Å². The first-order chi connectivity index (χ1) is 8.79. The summed E-state index contributed by atoms with van der Waals surface area (Å²) in [5, 5.41) is 11.6. The predicted molar refractivity (Wildman–Crippen MR) is 70.2 cm³/mol. The van der Waals surface area contributed by atoms with E-state index in [1.807, 2.05) is 4.90 Å². The highest BCUT2D eigenvalue weighted by molar-refractivity contribution is 5.89. The summed E-state index contributed by atoms with van der Waals surface area (Å²) in [7, 11) is 0. The van der Waals surface area contributed by atoms with E-state index in [0.29, 0.717) is 5.56 Å². The molecule has 1 aromatic carbocycles. The van der Waals surface area contributed by atoms with E-state index in [9.17, 15) is 4.79 Å². The first-order valence-corrected chi connectivity index (χ1v) is 6.36. The van der Waals surface area contributed by atoms with Crippen molar-refractivity contribution in [2.45, 2.75) is 25.7 Å². The molecule has 4 heteroatoms. The molecule has 0 saturated carbocycles. The minimum absolute atomic E-state index is 0.0402. The lowest BCUT2D eigenvalue weighted by Crippen LogP contribution is -2.35. The van der Waals surface area contributed by atoms with Gasteiger partial charge >= 0.3 is 6.03 Å². The molecule has 0 atom stereocenters. The van der Waals surface area contributed by atoms with Gasteiger partial charge in [-0.1, -0.05) is 12.8 Å². The third kappa shape index (κ3) is 3.24. The number of urea groups is 1. The van der Waals surface area contributed by atoms with Gasteiger partial charge in [-0.25, -0.2) is 4.79 Å². The van der Waals surface area contributed by atoms with Crippen LogP contribution >= 0.6 is 0 Å². The molecule has 0 bridgehead atoms. The minimum Gasteiger partial charge on any atom is -0.325 e. The van der Waals surface area contributed by atoms with Crippen molar-refractivity contribution in [1.29, 1.82) is 5.26 Å². The SMILES string of the molecule is N#Cc1ccc(NC(=O)N2CCCCCC2)cc1. The monoisotopic (exact) mass is 243 g/mol. The van der Waals surface area contributed by atoms with Gasteiger partial charge < -0.3 is 10.2 Å². The van der Waals surface area contributed by atoms with Gasteiger partial charge in [0.15, 0.2) is 0 Å². The highest BCUT2D eigenvalue weighted by atomic mass is 16.2. The molecule has 94 valence electrons. The van der Waals surface area contributed by atoms with Gasteiger partial charge in [-0.05, 0) is 37.1 Å². The number of hydrogen-bond donors (Lipinski definition) is 1. The van der Waals surface area contributed by atoms with Crippen LogP contribution in [0.5, 0.6) is 0 Å². The summed E-state index contributed by atoms with van der Waals surface area (Å²) in [5.41, 5.74) is 1.34. The number of hydrogen-bond acceptors (Lipinski definition) is 2. The Morgan fingerprint density at radius 3 is 2.28 bits per heavy atom. The van der Waals surface area contributed by atoms with Gasteiger partial charge in [-0.15, -0.1) is 0 Å². The first kappa shape index (κ1) is 12.4. The van der Waals surface area contributed by atoms with E-state index in [4.69, 9.17) is 5.26 Å². The molecule has 18 heavy (non-hydrogen) atoms. The Balaban J connectivity index is 1.95. The highest BCUT2D eigenvalue weighted by Gasteiger charge is 2.15. The number of carbonyl (C=O) groups excluding carboxylic acids is 1. The van der Waals surface area contributed by atoms with Crippen LogP contribution in [-0.2, 0) is 0 Å². The van der Waals surface area contributed by atoms with Gasteiger partial charge in [0, 0.05) is 18.8 Å². The zero-order valence-corrected chi connectivity index (χ0v) is 10.4. The summed E-state index contributed by atoms with van der Waals surface area (Å²) >= 11 is 0. The number of rotatable bonds is 1. The van der Waals surface area contributed by atoms with E-state index >= 15 is 0 Å². The third-order valence-corrected chi connectivity index (χ3v) is 3.16. The Kier molecular flexibility index (Phi) is 4.19. The molecule has 1 aromatic rings. The molecule has 0 spiro atoms. The number of amides is 2. The van der Waals surface area contributed by atoms with E-state index in [0.717, 1.165) is 31.6 Å². The molecule has 1 heterocycles. The van der Waals surface area contributed by atoms with Gasteiger partial charge in [0.1, 0.15) is 0 Å². The molecule has 1 aliphatic heterocycles. The third-order valence-electron chi connectivity index (χ3n) is 3.16. The Morgan fingerprint density at radius 1 is 1.11 bits per heavy atom. The number of nitrogens with one attached hydrogen (secondary N) is 1. The van der Waals surface area contributed by atoms with Crippen molar-refractivity contribution in [1.82, 2.24) is 4.90 Å². The molecule has 1 fully saturated rings. The molecule has 2 amide bonds. The van der Waals surface area contributed by atoms with Crippen molar-refractivity contribution in [3.8, 4) is 6.07 Å². The summed E-state index contributed by atoms with van der Waals surface area (Å²) in [5.74, 6) is 0. The van der Waals surface area contributed by atoms with Gasteiger partial charge in [0.05, 0.1) is 11.6 Å². The van der Waals surface area contributed by atoms with Crippen LogP contribution < -0.4 is 5.32 Å². The second-order valence-corrected chi connectivity index (χ2v) is 4.52. The lowest BCUT2D eigenvalue weighted by molar-refractivity contribution is 0.214. The van der Waals surface area contributed by atoms with Crippen LogP contribution in [0.2, 0.25) is 0 Å². The fraction of sp³-hybridized carbons (Fsp3) is 0.429. The van der Waals surface area contributed by atoms with Crippen LogP contribution in [0, 0.1) is 11.3 Å². The second-order valence-electron chi connectivity index (χ2n) is 4.52. The average Bonchev–Trinajstić information content (AvgIpc) is 2.68. The summed E-state index contributed by atoms with van der Waals surface area (Å²) in [6, 6.07) is 8.95. The Bertz CT molecular complexity index is 439. The predicted octanol–water partition coefficient (Wildman–Crippen LogP) is 2.97. The molecule has 0 aromatic heterocycles. The molecule has 1 aliphatic rings. The standard InChI is InChI=1S/C14H17N3O/c15-11-12-5-7-13(8-6-12)16-14(18)17-9-3-1-2-4-10-17/h5-8H,1-4,9-10H2,(H,16,18). The average molecular weight is 243 g/mol. The fourth-order valence-corrected chi connectivity index (χ4v) is 2.10. The van der Waals surface area contributed by atoms with Crippen LogP contribution in [0.15, 0.2) is 24.3 Å². The van der Waals surface area contributed by atoms with Crippen LogP contribution in [0.3, 0.4) is 0 Å². The smallest absolute Gasteiger partial charge is 0.321 e. The van der Waals surface area contributed by atoms with Crippen molar-refractivity contribution >= 4 is 11.7 Å². The molecule has 1 saturated heterocycles. The van der Waals surface area contributed by atoms with Crippen LogP contribution in [0.4, 0.5) is 10.5 Å². The van der Waals surface area contributed by atoms with Crippen molar-refractivity contribution in [2.75, 3.05) is 18.4 Å².